The largest absolute Gasteiger partial charge is 0.433 e. The molecule has 0 spiro atoms. The molecule has 0 saturated carbocycles. The third-order valence-electron chi connectivity index (χ3n) is 3.74. The molecule has 0 aliphatic carbocycles. The van der Waals surface area contributed by atoms with Gasteiger partial charge in [0.05, 0.1) is 11.9 Å². The minimum atomic E-state index is -4.38. The molecule has 3 heterocycles. The van der Waals surface area contributed by atoms with Crippen molar-refractivity contribution in [3.8, 4) is 0 Å². The van der Waals surface area contributed by atoms with E-state index in [1.165, 1.54) is 12.3 Å². The molecule has 7 heteroatoms. The summed E-state index contributed by atoms with van der Waals surface area (Å²) in [7, 11) is 0. The van der Waals surface area contributed by atoms with Crippen molar-refractivity contribution in [2.45, 2.75) is 19.6 Å². The third-order valence-corrected chi connectivity index (χ3v) is 3.74. The van der Waals surface area contributed by atoms with Crippen LogP contribution in [0.1, 0.15) is 11.5 Å². The van der Waals surface area contributed by atoms with Crippen LogP contribution < -0.4 is 4.90 Å². The summed E-state index contributed by atoms with van der Waals surface area (Å²) in [5.41, 5.74) is -0.112. The molecule has 21 heavy (non-hydrogen) atoms. The Bertz CT molecular complexity index is 612. The lowest BCUT2D eigenvalue weighted by Gasteiger charge is -2.41. The van der Waals surface area contributed by atoms with E-state index in [1.807, 2.05) is 18.0 Å². The number of aryl methyl sites for hydroxylation is 1. The second-order valence-electron chi connectivity index (χ2n) is 5.30. The predicted octanol–water partition coefficient (Wildman–Crippen LogP) is 2.74. The zero-order valence-electron chi connectivity index (χ0n) is 11.5. The molecule has 0 unspecified atom stereocenters. The van der Waals surface area contributed by atoms with Crippen molar-refractivity contribution in [2.75, 3.05) is 18.0 Å². The van der Waals surface area contributed by atoms with E-state index in [1.54, 1.807) is 6.20 Å². The van der Waals surface area contributed by atoms with E-state index in [0.717, 1.165) is 37.2 Å². The number of hydrogen-bond donors (Lipinski definition) is 0. The molecule has 0 amide bonds. The fourth-order valence-electron chi connectivity index (χ4n) is 2.51. The van der Waals surface area contributed by atoms with Crippen LogP contribution in [0.3, 0.4) is 0 Å². The molecule has 2 aromatic heterocycles. The Morgan fingerprint density at radius 2 is 2.00 bits per heavy atom. The quantitative estimate of drug-likeness (QED) is 0.873. The van der Waals surface area contributed by atoms with Gasteiger partial charge in [-0.2, -0.15) is 13.2 Å². The number of anilines is 1. The highest BCUT2D eigenvalue weighted by Crippen LogP contribution is 2.30. The number of halogens is 3. The van der Waals surface area contributed by atoms with E-state index in [9.17, 15) is 13.2 Å². The first-order valence-corrected chi connectivity index (χ1v) is 6.69. The first kappa shape index (κ1) is 13.9. The Kier molecular flexibility index (Phi) is 3.35. The molecule has 0 N–H and O–H groups in total. The minimum Gasteiger partial charge on any atom is -0.369 e. The molecule has 0 bridgehead atoms. The summed E-state index contributed by atoms with van der Waals surface area (Å²) in [6, 6.07) is 2.51. The summed E-state index contributed by atoms with van der Waals surface area (Å²) in [5, 5.41) is 0. The van der Waals surface area contributed by atoms with Gasteiger partial charge < -0.3 is 9.47 Å². The van der Waals surface area contributed by atoms with E-state index in [-0.39, 0.29) is 0 Å². The average molecular weight is 296 g/mol. The highest BCUT2D eigenvalue weighted by Gasteiger charge is 2.33. The monoisotopic (exact) mass is 296 g/mol. The van der Waals surface area contributed by atoms with Gasteiger partial charge in [0, 0.05) is 37.9 Å². The van der Waals surface area contributed by atoms with E-state index in [0.29, 0.717) is 5.92 Å². The van der Waals surface area contributed by atoms with Crippen LogP contribution in [-0.4, -0.2) is 27.6 Å². The highest BCUT2D eigenvalue weighted by atomic mass is 19.4. The van der Waals surface area contributed by atoms with Crippen LogP contribution in [0.25, 0.3) is 0 Å². The minimum absolute atomic E-state index is 0.486. The Labute approximate surface area is 120 Å². The van der Waals surface area contributed by atoms with Crippen molar-refractivity contribution in [3.63, 3.8) is 0 Å². The fraction of sp³-hybridized carbons (Fsp3) is 0.429. The molecule has 0 aromatic carbocycles. The maximum absolute atomic E-state index is 12.4. The molecule has 4 nitrogen and oxygen atoms in total. The first-order valence-electron chi connectivity index (χ1n) is 6.69. The summed E-state index contributed by atoms with van der Waals surface area (Å²) in [5.74, 6) is 1.46. The lowest BCUT2D eigenvalue weighted by atomic mass is 9.99. The van der Waals surface area contributed by atoms with Gasteiger partial charge in [-0.25, -0.2) is 9.97 Å². The van der Waals surface area contributed by atoms with Crippen LogP contribution in [0, 0.1) is 12.8 Å². The van der Waals surface area contributed by atoms with Crippen molar-refractivity contribution in [1.29, 1.82) is 0 Å². The normalized spacial score (nSPS) is 16.1. The number of rotatable bonds is 3. The Morgan fingerprint density at radius 1 is 1.24 bits per heavy atom. The Morgan fingerprint density at radius 3 is 2.52 bits per heavy atom. The average Bonchev–Trinajstić information content (AvgIpc) is 2.78. The van der Waals surface area contributed by atoms with Crippen molar-refractivity contribution < 1.29 is 13.2 Å². The van der Waals surface area contributed by atoms with Crippen LogP contribution in [0.5, 0.6) is 0 Å². The highest BCUT2D eigenvalue weighted by molar-refractivity contribution is 5.47. The zero-order valence-corrected chi connectivity index (χ0v) is 11.5. The summed E-state index contributed by atoms with van der Waals surface area (Å²) >= 11 is 0. The molecule has 0 atom stereocenters. The zero-order chi connectivity index (χ0) is 15.0. The lowest BCUT2D eigenvalue weighted by Crippen LogP contribution is -2.48. The number of aromatic nitrogens is 3. The molecule has 112 valence electrons. The van der Waals surface area contributed by atoms with Crippen molar-refractivity contribution in [1.82, 2.24) is 14.5 Å². The van der Waals surface area contributed by atoms with Gasteiger partial charge in [-0.3, -0.25) is 0 Å². The molecular formula is C14H15F3N4. The molecule has 3 rings (SSSR count). The van der Waals surface area contributed by atoms with Crippen LogP contribution in [0.4, 0.5) is 18.9 Å². The second kappa shape index (κ2) is 5.05. The molecule has 2 aromatic rings. The van der Waals surface area contributed by atoms with Gasteiger partial charge in [0.1, 0.15) is 11.5 Å². The van der Waals surface area contributed by atoms with Gasteiger partial charge >= 0.3 is 6.18 Å². The van der Waals surface area contributed by atoms with Gasteiger partial charge in [-0.1, -0.05) is 0 Å². The Balaban J connectivity index is 1.58. The number of nitrogens with zero attached hydrogens (tertiary/aromatic N) is 4. The molecule has 1 aliphatic rings. The predicted molar refractivity (Wildman–Crippen MR) is 71.9 cm³/mol. The molecule has 1 fully saturated rings. The summed E-state index contributed by atoms with van der Waals surface area (Å²) < 4.78 is 39.4. The summed E-state index contributed by atoms with van der Waals surface area (Å²) in [6.45, 7) is 4.49. The number of imidazole rings is 1. The topological polar surface area (TPSA) is 34.0 Å². The van der Waals surface area contributed by atoms with Gasteiger partial charge in [-0.15, -0.1) is 0 Å². The van der Waals surface area contributed by atoms with Crippen LogP contribution in [0.15, 0.2) is 30.7 Å². The van der Waals surface area contributed by atoms with Crippen LogP contribution in [-0.2, 0) is 12.7 Å². The van der Waals surface area contributed by atoms with Gasteiger partial charge in [-0.05, 0) is 19.1 Å². The molecular weight excluding hydrogens is 281 g/mol. The maximum Gasteiger partial charge on any atom is 0.433 e. The van der Waals surface area contributed by atoms with Crippen LogP contribution >= 0.6 is 0 Å². The SMILES string of the molecule is Cc1nccn1CC1CN(c2ccc(C(F)(F)F)nc2)C1. The molecule has 0 radical (unpaired) electrons. The first-order chi connectivity index (χ1) is 9.93. The van der Waals surface area contributed by atoms with Gasteiger partial charge in [0.15, 0.2) is 0 Å². The third kappa shape index (κ3) is 2.86. The number of hydrogen-bond acceptors (Lipinski definition) is 3. The Hall–Kier alpha value is -2.05. The van der Waals surface area contributed by atoms with E-state index in [2.05, 4.69) is 14.5 Å². The fourth-order valence-corrected chi connectivity index (χ4v) is 2.51. The van der Waals surface area contributed by atoms with E-state index >= 15 is 0 Å². The maximum atomic E-state index is 12.4. The molecule has 1 saturated heterocycles. The van der Waals surface area contributed by atoms with Crippen molar-refractivity contribution in [2.24, 2.45) is 5.92 Å². The number of alkyl halides is 3. The van der Waals surface area contributed by atoms with Crippen LogP contribution in [0.2, 0.25) is 0 Å². The standard InChI is InChI=1S/C14H15F3N4/c1-10-18-4-5-20(10)7-11-8-21(9-11)12-2-3-13(19-6-12)14(15,16)17/h2-6,11H,7-9H2,1H3. The van der Waals surface area contributed by atoms with Gasteiger partial charge in [0.25, 0.3) is 0 Å². The smallest absolute Gasteiger partial charge is 0.369 e. The van der Waals surface area contributed by atoms with Crippen molar-refractivity contribution >= 4 is 5.69 Å². The lowest BCUT2D eigenvalue weighted by molar-refractivity contribution is -0.141. The van der Waals surface area contributed by atoms with E-state index in [4.69, 9.17) is 0 Å². The van der Waals surface area contributed by atoms with Gasteiger partial charge in [0.2, 0.25) is 0 Å². The van der Waals surface area contributed by atoms with E-state index < -0.39 is 11.9 Å². The summed E-state index contributed by atoms with van der Waals surface area (Å²) in [6.07, 6.45) is 0.625. The molecule has 1 aliphatic heterocycles. The van der Waals surface area contributed by atoms with Crippen molar-refractivity contribution in [3.05, 3.63) is 42.2 Å². The summed E-state index contributed by atoms with van der Waals surface area (Å²) in [4.78, 5) is 9.69. The number of pyridine rings is 1. The second-order valence-corrected chi connectivity index (χ2v) is 5.30.